The third-order valence-electron chi connectivity index (χ3n) is 2.38. The van der Waals surface area contributed by atoms with E-state index in [2.05, 4.69) is 73.4 Å². The van der Waals surface area contributed by atoms with Crippen molar-refractivity contribution in [2.45, 2.75) is 4.90 Å². The van der Waals surface area contributed by atoms with Gasteiger partial charge in [0.1, 0.15) is 10.7 Å². The number of sulfonamides is 1. The Bertz CT molecular complexity index is 788. The number of pyridine rings is 1. The number of aromatic nitrogens is 1. The predicted octanol–water partition coefficient (Wildman–Crippen LogP) is 4.51. The van der Waals surface area contributed by atoms with E-state index in [1.807, 2.05) is 0 Å². The molecule has 2 rings (SSSR count). The summed E-state index contributed by atoms with van der Waals surface area (Å²) in [5, 5.41) is 0. The third kappa shape index (κ3) is 3.98. The van der Waals surface area contributed by atoms with Crippen LogP contribution >= 0.6 is 63.7 Å². The van der Waals surface area contributed by atoms with E-state index < -0.39 is 10.0 Å². The molecule has 1 aromatic heterocycles. The third-order valence-corrected chi connectivity index (χ3v) is 5.90. The Morgan fingerprint density at radius 1 is 1.00 bits per heavy atom. The molecule has 0 fully saturated rings. The summed E-state index contributed by atoms with van der Waals surface area (Å²) in [5.41, 5.74) is 6.02. The van der Waals surface area contributed by atoms with Gasteiger partial charge in [0.25, 0.3) is 10.0 Å². The maximum Gasteiger partial charge on any atom is 0.265 e. The van der Waals surface area contributed by atoms with Crippen molar-refractivity contribution < 1.29 is 8.42 Å². The highest BCUT2D eigenvalue weighted by molar-refractivity contribution is 9.11. The first-order valence-electron chi connectivity index (χ1n) is 5.29. The lowest BCUT2D eigenvalue weighted by atomic mass is 10.3. The van der Waals surface area contributed by atoms with E-state index in [-0.39, 0.29) is 10.7 Å². The van der Waals surface area contributed by atoms with Gasteiger partial charge in [-0.1, -0.05) is 15.9 Å². The second-order valence-electron chi connectivity index (χ2n) is 3.89. The minimum absolute atomic E-state index is 0.0740. The normalized spacial score (nSPS) is 11.4. The van der Waals surface area contributed by atoms with Gasteiger partial charge in [-0.15, -0.1) is 0 Å². The van der Waals surface area contributed by atoms with Crippen molar-refractivity contribution in [3.8, 4) is 0 Å². The average Bonchev–Trinajstić information content (AvgIpc) is 2.36. The Morgan fingerprint density at radius 2 is 1.57 bits per heavy atom. The first-order valence-corrected chi connectivity index (χ1v) is 9.94. The molecule has 0 aliphatic rings. The van der Waals surface area contributed by atoms with Crippen LogP contribution in [0, 0.1) is 0 Å². The Hall–Kier alpha value is -0.160. The van der Waals surface area contributed by atoms with Gasteiger partial charge in [0, 0.05) is 24.1 Å². The van der Waals surface area contributed by atoms with E-state index in [1.54, 1.807) is 12.1 Å². The summed E-state index contributed by atoms with van der Waals surface area (Å²) in [5.74, 6) is -0.0740. The van der Waals surface area contributed by atoms with Gasteiger partial charge in [-0.2, -0.15) is 0 Å². The zero-order valence-electron chi connectivity index (χ0n) is 10.1. The van der Waals surface area contributed by atoms with E-state index in [9.17, 15) is 8.42 Å². The van der Waals surface area contributed by atoms with Crippen molar-refractivity contribution in [1.29, 1.82) is 0 Å². The van der Waals surface area contributed by atoms with Crippen molar-refractivity contribution in [2.24, 2.45) is 0 Å². The van der Waals surface area contributed by atoms with Gasteiger partial charge in [-0.05, 0) is 66.0 Å². The number of nitrogens with two attached hydrogens (primary N) is 1. The molecule has 3 N–H and O–H groups in total. The number of nitrogens with one attached hydrogen (secondary N) is 1. The van der Waals surface area contributed by atoms with Crippen LogP contribution in [0.5, 0.6) is 0 Å². The minimum Gasteiger partial charge on any atom is -0.383 e. The van der Waals surface area contributed by atoms with Crippen LogP contribution in [0.25, 0.3) is 0 Å². The lowest BCUT2D eigenvalue weighted by molar-refractivity contribution is 0.601. The van der Waals surface area contributed by atoms with E-state index >= 15 is 0 Å². The van der Waals surface area contributed by atoms with Crippen LogP contribution in [0.2, 0.25) is 0 Å². The molecular weight excluding hydrogens is 558 g/mol. The number of anilines is 2. The quantitative estimate of drug-likeness (QED) is 0.574. The fourth-order valence-electron chi connectivity index (χ4n) is 1.48. The molecule has 0 radical (unpaired) electrons. The van der Waals surface area contributed by atoms with Gasteiger partial charge in [-0.25, -0.2) is 13.4 Å². The number of hydrogen-bond donors (Lipinski definition) is 2. The van der Waals surface area contributed by atoms with Crippen LogP contribution in [0.3, 0.4) is 0 Å². The van der Waals surface area contributed by atoms with E-state index in [1.165, 1.54) is 12.3 Å². The molecule has 1 heterocycles. The summed E-state index contributed by atoms with van der Waals surface area (Å²) < 4.78 is 29.9. The molecule has 0 aliphatic heterocycles. The van der Waals surface area contributed by atoms with Crippen LogP contribution in [0.4, 0.5) is 11.5 Å². The number of nitrogens with zero attached hydrogens (tertiary/aromatic N) is 1. The van der Waals surface area contributed by atoms with Crippen LogP contribution in [-0.4, -0.2) is 13.4 Å². The maximum absolute atomic E-state index is 12.5. The largest absolute Gasteiger partial charge is 0.383 e. The molecule has 5 nitrogen and oxygen atoms in total. The number of nitrogen functional groups attached to an aromatic ring is 1. The summed E-state index contributed by atoms with van der Waals surface area (Å²) >= 11 is 13.1. The maximum atomic E-state index is 12.5. The summed E-state index contributed by atoms with van der Waals surface area (Å²) in [7, 11) is -3.87. The molecule has 0 bridgehead atoms. The van der Waals surface area contributed by atoms with Crippen molar-refractivity contribution in [3.05, 3.63) is 42.3 Å². The fraction of sp³-hybridized carbons (Fsp3) is 0. The van der Waals surface area contributed by atoms with Crippen molar-refractivity contribution >= 4 is 85.2 Å². The van der Waals surface area contributed by atoms with Gasteiger partial charge < -0.3 is 5.73 Å². The Kier molecular flexibility index (Phi) is 5.35. The van der Waals surface area contributed by atoms with Crippen molar-refractivity contribution in [1.82, 2.24) is 4.98 Å². The van der Waals surface area contributed by atoms with Gasteiger partial charge in [0.15, 0.2) is 0 Å². The topological polar surface area (TPSA) is 85.1 Å². The molecule has 0 atom stereocenters. The van der Waals surface area contributed by atoms with E-state index in [0.717, 1.165) is 4.47 Å². The van der Waals surface area contributed by atoms with Crippen LogP contribution in [-0.2, 0) is 10.0 Å². The SMILES string of the molecule is Nc1ncc(Br)cc1S(=O)(=O)Nc1c(Br)cc(Br)cc1Br. The summed E-state index contributed by atoms with van der Waals surface area (Å²) in [6.07, 6.45) is 1.43. The smallest absolute Gasteiger partial charge is 0.265 e. The second-order valence-corrected chi connectivity index (χ2v) is 9.08. The molecule has 0 saturated heterocycles. The molecule has 1 aromatic carbocycles. The predicted molar refractivity (Wildman–Crippen MR) is 96.7 cm³/mol. The number of hydrogen-bond acceptors (Lipinski definition) is 4. The Morgan fingerprint density at radius 3 is 2.14 bits per heavy atom. The zero-order valence-corrected chi connectivity index (χ0v) is 17.2. The molecule has 2 aromatic rings. The highest BCUT2D eigenvalue weighted by Crippen LogP contribution is 2.36. The van der Waals surface area contributed by atoms with Gasteiger partial charge in [0.2, 0.25) is 0 Å². The summed E-state index contributed by atoms with van der Waals surface area (Å²) in [6, 6.07) is 4.85. The first-order chi connectivity index (χ1) is 9.70. The fourth-order valence-corrected chi connectivity index (χ4v) is 5.89. The number of benzene rings is 1. The van der Waals surface area contributed by atoms with Crippen molar-refractivity contribution in [3.63, 3.8) is 0 Å². The lowest BCUT2D eigenvalue weighted by Gasteiger charge is -2.13. The first kappa shape index (κ1) is 17.2. The molecule has 0 unspecified atom stereocenters. The molecule has 0 aliphatic carbocycles. The van der Waals surface area contributed by atoms with E-state index in [0.29, 0.717) is 19.1 Å². The summed E-state index contributed by atoms with van der Waals surface area (Å²) in [6.45, 7) is 0. The van der Waals surface area contributed by atoms with E-state index in [4.69, 9.17) is 5.73 Å². The molecule has 112 valence electrons. The summed E-state index contributed by atoms with van der Waals surface area (Å²) in [4.78, 5) is 3.73. The van der Waals surface area contributed by atoms with Gasteiger partial charge >= 0.3 is 0 Å². The molecule has 21 heavy (non-hydrogen) atoms. The molecule has 0 saturated carbocycles. The van der Waals surface area contributed by atoms with Crippen LogP contribution in [0.15, 0.2) is 47.2 Å². The van der Waals surface area contributed by atoms with Gasteiger partial charge in [-0.3, -0.25) is 4.72 Å². The lowest BCUT2D eigenvalue weighted by Crippen LogP contribution is -2.16. The van der Waals surface area contributed by atoms with Gasteiger partial charge in [0.05, 0.1) is 5.69 Å². The minimum atomic E-state index is -3.87. The van der Waals surface area contributed by atoms with Crippen LogP contribution in [0.1, 0.15) is 0 Å². The Labute approximate surface area is 155 Å². The van der Waals surface area contributed by atoms with Crippen LogP contribution < -0.4 is 10.5 Å². The standard InChI is InChI=1S/C11H7Br4N3O2S/c12-5-1-7(14)10(8(15)2-5)18-21(19,20)9-3-6(13)4-17-11(9)16/h1-4,18H,(H2,16,17). The zero-order chi connectivity index (χ0) is 15.8. The second kappa shape index (κ2) is 6.53. The highest BCUT2D eigenvalue weighted by Gasteiger charge is 2.21. The monoisotopic (exact) mass is 561 g/mol. The molecular formula is C11H7Br4N3O2S. The molecule has 0 spiro atoms. The van der Waals surface area contributed by atoms with Crippen molar-refractivity contribution in [2.75, 3.05) is 10.5 Å². The molecule has 10 heteroatoms. The Balaban J connectivity index is 2.50. The average molecular weight is 565 g/mol. The number of rotatable bonds is 3. The molecule has 0 amide bonds. The number of halogens is 4. The highest BCUT2D eigenvalue weighted by atomic mass is 79.9.